The molecule has 1 amide bonds. The van der Waals surface area contributed by atoms with Crippen LogP contribution < -0.4 is 10.2 Å². The molecule has 1 heterocycles. The molecule has 1 fully saturated rings. The number of nitrogens with one attached hydrogen (secondary N) is 1. The lowest BCUT2D eigenvalue weighted by Gasteiger charge is -2.31. The Morgan fingerprint density at radius 2 is 1.73 bits per heavy atom. The van der Waals surface area contributed by atoms with Gasteiger partial charge in [0.2, 0.25) is 0 Å². The van der Waals surface area contributed by atoms with E-state index in [1.165, 1.54) is 12.1 Å². The molecule has 0 saturated carbocycles. The van der Waals surface area contributed by atoms with Crippen molar-refractivity contribution in [2.45, 2.75) is 25.4 Å². The molecule has 1 aliphatic rings. The lowest BCUT2D eigenvalue weighted by atomic mass is 10.1. The van der Waals surface area contributed by atoms with Gasteiger partial charge in [0.05, 0.1) is 27.5 Å². The number of carbonyl (C=O) groups excluding carboxylic acids is 1. The molecule has 3 nitrogen and oxygen atoms in total. The summed E-state index contributed by atoms with van der Waals surface area (Å²) in [5.41, 5.74) is 0.161. The molecule has 138 valence electrons. The Kier molecular flexibility index (Phi) is 5.41. The van der Waals surface area contributed by atoms with Crippen LogP contribution in [0.25, 0.3) is 0 Å². The molecule has 26 heavy (non-hydrogen) atoms. The van der Waals surface area contributed by atoms with E-state index >= 15 is 0 Å². The predicted molar refractivity (Wildman–Crippen MR) is 96.9 cm³/mol. The Morgan fingerprint density at radius 1 is 1.04 bits per heavy atom. The number of hydrogen-bond acceptors (Lipinski definition) is 2. The van der Waals surface area contributed by atoms with Crippen molar-refractivity contribution >= 4 is 28.9 Å². The molecule has 0 spiro atoms. The fraction of sp³-hybridized carbons (Fsp3) is 0.316. The maximum absolute atomic E-state index is 13.1. The minimum absolute atomic E-state index is 0.145. The van der Waals surface area contributed by atoms with E-state index in [0.29, 0.717) is 5.69 Å². The predicted octanol–water partition coefficient (Wildman–Crippen LogP) is 5.60. The van der Waals surface area contributed by atoms with Crippen molar-refractivity contribution in [2.75, 3.05) is 23.3 Å². The second kappa shape index (κ2) is 7.58. The van der Waals surface area contributed by atoms with E-state index in [2.05, 4.69) is 5.32 Å². The second-order valence-electron chi connectivity index (χ2n) is 6.21. The molecule has 0 unspecified atom stereocenters. The number of halogens is 4. The normalized spacial score (nSPS) is 15.0. The molecular formula is C19H18ClF3N2O. The van der Waals surface area contributed by atoms with Gasteiger partial charge in [-0.2, -0.15) is 13.2 Å². The van der Waals surface area contributed by atoms with Crippen molar-refractivity contribution in [3.05, 3.63) is 58.6 Å². The van der Waals surface area contributed by atoms with Crippen molar-refractivity contribution in [1.82, 2.24) is 0 Å². The highest BCUT2D eigenvalue weighted by Gasteiger charge is 2.32. The highest BCUT2D eigenvalue weighted by molar-refractivity contribution is 6.34. The average molecular weight is 383 g/mol. The van der Waals surface area contributed by atoms with Gasteiger partial charge in [-0.3, -0.25) is 4.79 Å². The van der Waals surface area contributed by atoms with Crippen molar-refractivity contribution < 1.29 is 18.0 Å². The number of anilines is 2. The summed E-state index contributed by atoms with van der Waals surface area (Å²) in [4.78, 5) is 14.5. The molecule has 1 saturated heterocycles. The maximum atomic E-state index is 13.1. The summed E-state index contributed by atoms with van der Waals surface area (Å²) in [5, 5.41) is 2.86. The van der Waals surface area contributed by atoms with Gasteiger partial charge in [0, 0.05) is 13.1 Å². The molecule has 1 aliphatic heterocycles. The summed E-state index contributed by atoms with van der Waals surface area (Å²) in [5.74, 6) is -0.534. The Labute approximate surface area is 154 Å². The molecule has 0 aliphatic carbocycles. The zero-order valence-electron chi connectivity index (χ0n) is 13.9. The summed E-state index contributed by atoms with van der Waals surface area (Å²) < 4.78 is 39.4. The van der Waals surface area contributed by atoms with Gasteiger partial charge >= 0.3 is 6.18 Å². The lowest BCUT2D eigenvalue weighted by molar-refractivity contribution is -0.137. The zero-order valence-corrected chi connectivity index (χ0v) is 14.7. The first-order chi connectivity index (χ1) is 12.4. The van der Waals surface area contributed by atoms with Crippen LogP contribution in [0.4, 0.5) is 24.5 Å². The minimum atomic E-state index is -4.48. The monoisotopic (exact) mass is 382 g/mol. The van der Waals surface area contributed by atoms with E-state index in [9.17, 15) is 18.0 Å². The first-order valence-electron chi connectivity index (χ1n) is 8.38. The van der Waals surface area contributed by atoms with Crippen LogP contribution in [0.1, 0.15) is 35.2 Å². The van der Waals surface area contributed by atoms with E-state index in [1.54, 1.807) is 18.2 Å². The van der Waals surface area contributed by atoms with Gasteiger partial charge in [-0.25, -0.2) is 0 Å². The summed E-state index contributed by atoms with van der Waals surface area (Å²) in [6.07, 6.45) is -1.44. The van der Waals surface area contributed by atoms with Crippen LogP contribution in [-0.2, 0) is 6.18 Å². The Bertz CT molecular complexity index is 802. The number of piperidine rings is 1. The SMILES string of the molecule is O=C(Nc1cc(C(F)(F)F)ccc1N1CCCCC1)c1ccccc1Cl. The van der Waals surface area contributed by atoms with E-state index in [0.717, 1.165) is 44.5 Å². The number of hydrogen-bond donors (Lipinski definition) is 1. The van der Waals surface area contributed by atoms with E-state index in [4.69, 9.17) is 11.6 Å². The molecule has 2 aromatic carbocycles. The van der Waals surface area contributed by atoms with Crippen LogP contribution in [0.3, 0.4) is 0 Å². The van der Waals surface area contributed by atoms with Crippen LogP contribution in [0, 0.1) is 0 Å². The third-order valence-corrected chi connectivity index (χ3v) is 4.72. The van der Waals surface area contributed by atoms with Gasteiger partial charge in [0.15, 0.2) is 0 Å². The van der Waals surface area contributed by atoms with Crippen LogP contribution in [0.15, 0.2) is 42.5 Å². The van der Waals surface area contributed by atoms with E-state index < -0.39 is 17.6 Å². The van der Waals surface area contributed by atoms with Gasteiger partial charge in [-0.15, -0.1) is 0 Å². The second-order valence-corrected chi connectivity index (χ2v) is 6.62. The smallest absolute Gasteiger partial charge is 0.370 e. The summed E-state index contributed by atoms with van der Waals surface area (Å²) >= 11 is 6.03. The topological polar surface area (TPSA) is 32.3 Å². The zero-order chi connectivity index (χ0) is 18.7. The Balaban J connectivity index is 1.96. The van der Waals surface area contributed by atoms with Gasteiger partial charge in [-0.1, -0.05) is 23.7 Å². The average Bonchev–Trinajstić information content (AvgIpc) is 2.62. The van der Waals surface area contributed by atoms with Crippen molar-refractivity contribution in [3.8, 4) is 0 Å². The Hall–Kier alpha value is -2.21. The third-order valence-electron chi connectivity index (χ3n) is 4.39. The van der Waals surface area contributed by atoms with Crippen LogP contribution in [0.2, 0.25) is 5.02 Å². The van der Waals surface area contributed by atoms with Gasteiger partial charge < -0.3 is 10.2 Å². The fourth-order valence-electron chi connectivity index (χ4n) is 3.06. The first kappa shape index (κ1) is 18.6. The number of benzene rings is 2. The van der Waals surface area contributed by atoms with Gasteiger partial charge in [-0.05, 0) is 49.6 Å². The van der Waals surface area contributed by atoms with Crippen LogP contribution in [-0.4, -0.2) is 19.0 Å². The van der Waals surface area contributed by atoms with Crippen LogP contribution >= 0.6 is 11.6 Å². The number of rotatable bonds is 3. The van der Waals surface area contributed by atoms with Gasteiger partial charge in [0.25, 0.3) is 5.91 Å². The highest BCUT2D eigenvalue weighted by Crippen LogP contribution is 2.36. The number of nitrogens with zero attached hydrogens (tertiary/aromatic N) is 1. The van der Waals surface area contributed by atoms with Crippen molar-refractivity contribution in [2.24, 2.45) is 0 Å². The van der Waals surface area contributed by atoms with Gasteiger partial charge in [0.1, 0.15) is 0 Å². The summed E-state index contributed by atoms with van der Waals surface area (Å²) in [7, 11) is 0. The molecule has 0 radical (unpaired) electrons. The number of carbonyl (C=O) groups is 1. The standard InChI is InChI=1S/C19H18ClF3N2O/c20-15-7-3-2-6-14(15)18(26)24-16-12-13(19(21,22)23)8-9-17(16)25-10-4-1-5-11-25/h2-3,6-9,12H,1,4-5,10-11H2,(H,24,26). The molecule has 1 N–H and O–H groups in total. The third kappa shape index (κ3) is 4.12. The van der Waals surface area contributed by atoms with Crippen LogP contribution in [0.5, 0.6) is 0 Å². The maximum Gasteiger partial charge on any atom is 0.416 e. The first-order valence-corrected chi connectivity index (χ1v) is 8.76. The molecule has 2 aromatic rings. The van der Waals surface area contributed by atoms with E-state index in [1.807, 2.05) is 4.90 Å². The summed E-state index contributed by atoms with van der Waals surface area (Å²) in [6, 6.07) is 9.89. The molecule has 0 aromatic heterocycles. The molecule has 0 bridgehead atoms. The summed E-state index contributed by atoms with van der Waals surface area (Å²) in [6.45, 7) is 1.50. The molecular weight excluding hydrogens is 365 g/mol. The fourth-order valence-corrected chi connectivity index (χ4v) is 3.28. The van der Waals surface area contributed by atoms with E-state index in [-0.39, 0.29) is 16.3 Å². The number of amides is 1. The molecule has 7 heteroatoms. The highest BCUT2D eigenvalue weighted by atomic mass is 35.5. The minimum Gasteiger partial charge on any atom is -0.370 e. The van der Waals surface area contributed by atoms with Crippen molar-refractivity contribution in [1.29, 1.82) is 0 Å². The number of alkyl halides is 3. The molecule has 0 atom stereocenters. The molecule has 3 rings (SSSR count). The largest absolute Gasteiger partial charge is 0.416 e. The Morgan fingerprint density at radius 3 is 2.38 bits per heavy atom. The quantitative estimate of drug-likeness (QED) is 0.749. The lowest BCUT2D eigenvalue weighted by Crippen LogP contribution is -2.30. The van der Waals surface area contributed by atoms with Crippen molar-refractivity contribution in [3.63, 3.8) is 0 Å².